The maximum absolute atomic E-state index is 13.8. The highest BCUT2D eigenvalue weighted by molar-refractivity contribution is 14.1. The summed E-state index contributed by atoms with van der Waals surface area (Å²) in [5, 5.41) is 0. The minimum atomic E-state index is -0.695. The summed E-state index contributed by atoms with van der Waals surface area (Å²) in [7, 11) is 0. The van der Waals surface area contributed by atoms with Crippen molar-refractivity contribution in [2.24, 2.45) is 5.73 Å². The predicted octanol–water partition coefficient (Wildman–Crippen LogP) is 3.65. The first-order valence-electron chi connectivity index (χ1n) is 6.15. The van der Waals surface area contributed by atoms with E-state index in [1.54, 1.807) is 0 Å². The second-order valence-electron chi connectivity index (χ2n) is 4.34. The first-order valence-corrected chi connectivity index (χ1v) is 7.23. The molecule has 0 fully saturated rings. The van der Waals surface area contributed by atoms with Gasteiger partial charge in [0.05, 0.1) is 0 Å². The molecule has 0 unspecified atom stereocenters. The van der Waals surface area contributed by atoms with Crippen LogP contribution < -0.4 is 10.5 Å². The second kappa shape index (κ2) is 6.99. The van der Waals surface area contributed by atoms with Crippen LogP contribution in [0.5, 0.6) is 5.75 Å². The van der Waals surface area contributed by atoms with Crippen molar-refractivity contribution in [1.82, 2.24) is 0 Å². The molecule has 0 amide bonds. The first-order chi connectivity index (χ1) is 9.60. The number of hydrogen-bond donors (Lipinski definition) is 1. The van der Waals surface area contributed by atoms with Crippen LogP contribution in [0.25, 0.3) is 0 Å². The summed E-state index contributed by atoms with van der Waals surface area (Å²) in [5.41, 5.74) is 6.76. The summed E-state index contributed by atoms with van der Waals surface area (Å²) in [6.07, 6.45) is 0.436. The van der Waals surface area contributed by atoms with Crippen molar-refractivity contribution in [3.05, 3.63) is 62.7 Å². The van der Waals surface area contributed by atoms with Gasteiger partial charge < -0.3 is 10.5 Å². The van der Waals surface area contributed by atoms with Gasteiger partial charge in [-0.15, -0.1) is 0 Å². The molecule has 0 bridgehead atoms. The summed E-state index contributed by atoms with van der Waals surface area (Å²) in [5.74, 6) is -1.73. The van der Waals surface area contributed by atoms with Gasteiger partial charge in [0.2, 0.25) is 0 Å². The molecular weight excluding hydrogens is 375 g/mol. The number of nitrogens with two attached hydrogens (primary N) is 1. The largest absolute Gasteiger partial charge is 0.483 e. The Morgan fingerprint density at radius 1 is 1.00 bits per heavy atom. The van der Waals surface area contributed by atoms with Crippen LogP contribution in [0, 0.1) is 15.2 Å². The SMILES string of the molecule is NCCc1cc(F)c(OCc2ccc(I)cc2)c(F)c1. The van der Waals surface area contributed by atoms with Crippen LogP contribution in [0.15, 0.2) is 36.4 Å². The average molecular weight is 389 g/mol. The maximum Gasteiger partial charge on any atom is 0.191 e. The number of halogens is 3. The van der Waals surface area contributed by atoms with Crippen LogP contribution in [-0.2, 0) is 13.0 Å². The fraction of sp³-hybridized carbons (Fsp3) is 0.200. The second-order valence-corrected chi connectivity index (χ2v) is 5.59. The van der Waals surface area contributed by atoms with Gasteiger partial charge in [-0.05, 0) is 70.9 Å². The molecule has 0 heterocycles. The van der Waals surface area contributed by atoms with Gasteiger partial charge in [0, 0.05) is 3.57 Å². The summed E-state index contributed by atoms with van der Waals surface area (Å²) in [4.78, 5) is 0. The van der Waals surface area contributed by atoms with Crippen molar-refractivity contribution in [3.63, 3.8) is 0 Å². The maximum atomic E-state index is 13.8. The molecule has 2 aromatic carbocycles. The van der Waals surface area contributed by atoms with Gasteiger partial charge in [-0.3, -0.25) is 0 Å². The van der Waals surface area contributed by atoms with E-state index in [-0.39, 0.29) is 12.4 Å². The normalized spacial score (nSPS) is 10.6. The molecule has 2 nitrogen and oxygen atoms in total. The van der Waals surface area contributed by atoms with E-state index in [9.17, 15) is 8.78 Å². The van der Waals surface area contributed by atoms with Crippen LogP contribution >= 0.6 is 22.6 Å². The van der Waals surface area contributed by atoms with E-state index in [1.165, 1.54) is 12.1 Å². The van der Waals surface area contributed by atoms with E-state index < -0.39 is 11.6 Å². The molecule has 2 N–H and O–H groups in total. The Balaban J connectivity index is 2.11. The molecule has 2 rings (SSSR count). The molecular formula is C15H14F2INO. The van der Waals surface area contributed by atoms with E-state index in [2.05, 4.69) is 22.6 Å². The highest BCUT2D eigenvalue weighted by atomic mass is 127. The summed E-state index contributed by atoms with van der Waals surface area (Å²) in [6.45, 7) is 0.475. The molecule has 0 saturated heterocycles. The number of benzene rings is 2. The van der Waals surface area contributed by atoms with E-state index in [4.69, 9.17) is 10.5 Å². The number of hydrogen-bond acceptors (Lipinski definition) is 2. The fourth-order valence-electron chi connectivity index (χ4n) is 1.80. The topological polar surface area (TPSA) is 35.2 Å². The lowest BCUT2D eigenvalue weighted by Gasteiger charge is -2.10. The molecule has 0 atom stereocenters. The van der Waals surface area contributed by atoms with Gasteiger partial charge in [-0.1, -0.05) is 12.1 Å². The Bertz CT molecular complexity index is 564. The van der Waals surface area contributed by atoms with Gasteiger partial charge in [0.15, 0.2) is 17.4 Å². The minimum absolute atomic E-state index is 0.126. The molecule has 0 radical (unpaired) electrons. The molecule has 2 aromatic rings. The zero-order chi connectivity index (χ0) is 14.5. The van der Waals surface area contributed by atoms with Gasteiger partial charge in [-0.25, -0.2) is 8.78 Å². The lowest BCUT2D eigenvalue weighted by molar-refractivity contribution is 0.274. The predicted molar refractivity (Wildman–Crippen MR) is 82.6 cm³/mol. The zero-order valence-electron chi connectivity index (χ0n) is 10.7. The Hall–Kier alpha value is -1.21. The van der Waals surface area contributed by atoms with E-state index >= 15 is 0 Å². The van der Waals surface area contributed by atoms with E-state index in [0.717, 1.165) is 9.13 Å². The molecule has 0 aromatic heterocycles. The Morgan fingerprint density at radius 3 is 2.15 bits per heavy atom. The van der Waals surface area contributed by atoms with Crippen molar-refractivity contribution in [2.45, 2.75) is 13.0 Å². The van der Waals surface area contributed by atoms with Crippen molar-refractivity contribution in [3.8, 4) is 5.75 Å². The smallest absolute Gasteiger partial charge is 0.191 e. The average Bonchev–Trinajstić information content (AvgIpc) is 2.40. The zero-order valence-corrected chi connectivity index (χ0v) is 12.9. The third kappa shape index (κ3) is 3.89. The van der Waals surface area contributed by atoms with E-state index in [1.807, 2.05) is 24.3 Å². The van der Waals surface area contributed by atoms with Crippen LogP contribution in [0.3, 0.4) is 0 Å². The standard InChI is InChI=1S/C15H14F2INO/c16-13-7-11(5-6-19)8-14(17)15(13)20-9-10-1-3-12(18)4-2-10/h1-4,7-8H,5-6,9,19H2. The Kier molecular flexibility index (Phi) is 5.31. The summed E-state index contributed by atoms with van der Waals surface area (Å²) >= 11 is 2.19. The molecule has 0 aliphatic heterocycles. The van der Waals surface area contributed by atoms with Crippen LogP contribution in [0.1, 0.15) is 11.1 Å². The Labute approximate surface area is 130 Å². The van der Waals surface area contributed by atoms with Gasteiger partial charge in [-0.2, -0.15) is 0 Å². The molecule has 106 valence electrons. The van der Waals surface area contributed by atoms with Gasteiger partial charge >= 0.3 is 0 Å². The third-order valence-electron chi connectivity index (χ3n) is 2.79. The van der Waals surface area contributed by atoms with Crippen molar-refractivity contribution in [1.29, 1.82) is 0 Å². The monoisotopic (exact) mass is 389 g/mol. The summed E-state index contributed by atoms with van der Waals surface area (Å²) < 4.78 is 33.9. The first kappa shape index (κ1) is 15.2. The Morgan fingerprint density at radius 2 is 1.60 bits per heavy atom. The lowest BCUT2D eigenvalue weighted by Crippen LogP contribution is -2.05. The molecule has 0 spiro atoms. The summed E-state index contributed by atoms with van der Waals surface area (Å²) in [6, 6.07) is 10.1. The van der Waals surface area contributed by atoms with Crippen LogP contribution in [0.2, 0.25) is 0 Å². The van der Waals surface area contributed by atoms with Crippen LogP contribution in [-0.4, -0.2) is 6.54 Å². The minimum Gasteiger partial charge on any atom is -0.483 e. The molecule has 0 aliphatic carbocycles. The van der Waals surface area contributed by atoms with Gasteiger partial charge in [0.25, 0.3) is 0 Å². The van der Waals surface area contributed by atoms with Crippen molar-refractivity contribution >= 4 is 22.6 Å². The van der Waals surface area contributed by atoms with Crippen molar-refractivity contribution in [2.75, 3.05) is 6.54 Å². The molecule has 20 heavy (non-hydrogen) atoms. The number of ether oxygens (including phenoxy) is 1. The lowest BCUT2D eigenvalue weighted by atomic mass is 10.1. The third-order valence-corrected chi connectivity index (χ3v) is 3.51. The fourth-order valence-corrected chi connectivity index (χ4v) is 2.16. The molecule has 0 saturated carbocycles. The molecule has 0 aliphatic rings. The van der Waals surface area contributed by atoms with Crippen molar-refractivity contribution < 1.29 is 13.5 Å². The number of rotatable bonds is 5. The van der Waals surface area contributed by atoms with Crippen LogP contribution in [0.4, 0.5) is 8.78 Å². The quantitative estimate of drug-likeness (QED) is 0.793. The van der Waals surface area contributed by atoms with Gasteiger partial charge in [0.1, 0.15) is 6.61 Å². The highest BCUT2D eigenvalue weighted by Crippen LogP contribution is 2.24. The highest BCUT2D eigenvalue weighted by Gasteiger charge is 2.12. The van der Waals surface area contributed by atoms with E-state index in [0.29, 0.717) is 18.5 Å². The molecule has 5 heteroatoms.